The average molecular weight is 1430 g/mol. The first kappa shape index (κ1) is 82.3. The van der Waals surface area contributed by atoms with Crippen LogP contribution in [0, 0.1) is 0 Å². The summed E-state index contributed by atoms with van der Waals surface area (Å²) < 4.78 is 226. The third kappa shape index (κ3) is 17.8. The molecule has 0 aliphatic carbocycles. The second-order valence-electron chi connectivity index (χ2n) is 24.5. The average Bonchev–Trinajstić information content (AvgIpc) is 0.775. The van der Waals surface area contributed by atoms with Gasteiger partial charge in [0.15, 0.2) is 44.0 Å². The molecule has 21 rings (SSSR count). The SMILES string of the molecule is COC[C@@H]1O[C@H]2O[C@@H]3[C@@H](OC)[C@H](OC)[C@H](O[C@@H]4[C@@H](OC)[C@H](OC)[C@H](O[C@@H]5[C@@H](OC)[C@H](OC)[C@H](O[C@@H]6[C@@H](OC)[C@H](OC)[C@H](O[C@@H]7[C@@H](OC)[C@H](OC)[C@H](O[C@@H]8[C@@H](OC)[C@H](OC)[C@H](O[C@@H]1[C@@H](OC)[C@H]2OC)O[C@H]8COC)O[C@H]7COC)O[C@H]6COC)O[C@H]5COC)O[C@H]4COC)O[C@H]3COC. The molecule has 14 bridgehead atoms. The highest BCUT2D eigenvalue weighted by Gasteiger charge is 2.62. The Morgan fingerprint density at radius 2 is 0.245 bits per heavy atom. The van der Waals surface area contributed by atoms with Gasteiger partial charge in [-0.2, -0.15) is 0 Å². The minimum absolute atomic E-state index is 0.0381. The van der Waals surface area contributed by atoms with Crippen molar-refractivity contribution in [2.75, 3.05) is 196 Å². The van der Waals surface area contributed by atoms with Crippen molar-refractivity contribution in [1.82, 2.24) is 0 Å². The number of ether oxygens (including phenoxy) is 35. The van der Waals surface area contributed by atoms with Crippen LogP contribution in [0.15, 0.2) is 0 Å². The summed E-state index contributed by atoms with van der Waals surface area (Å²) in [6.45, 7) is -0.267. The Labute approximate surface area is 574 Å². The van der Waals surface area contributed by atoms with Gasteiger partial charge in [0.05, 0.1) is 46.2 Å². The third-order valence-electron chi connectivity index (χ3n) is 19.3. The van der Waals surface area contributed by atoms with Gasteiger partial charge in [-0.15, -0.1) is 0 Å². The van der Waals surface area contributed by atoms with Gasteiger partial charge in [0.25, 0.3) is 0 Å². The summed E-state index contributed by atoms with van der Waals surface area (Å²) in [4.78, 5) is 0. The molecular formula is C63H112O35. The topological polar surface area (TPSA) is 323 Å². The molecule has 21 saturated heterocycles. The van der Waals surface area contributed by atoms with Crippen LogP contribution in [0.25, 0.3) is 0 Å². The summed E-state index contributed by atoms with van der Waals surface area (Å²) in [6, 6.07) is 0. The molecular weight excluding hydrogens is 1320 g/mol. The lowest BCUT2D eigenvalue weighted by Crippen LogP contribution is -2.69. The van der Waals surface area contributed by atoms with Gasteiger partial charge < -0.3 is 166 Å². The predicted octanol–water partition coefficient (Wildman–Crippen LogP) is -1.49. The summed E-state index contributed by atoms with van der Waals surface area (Å²) in [5.41, 5.74) is 0. The van der Waals surface area contributed by atoms with E-state index in [4.69, 9.17) is 166 Å². The standard InChI is InChI=1S/C63H112O35/c1-64-22-29-36-43(71-8)50(78-15)57(85-29)93-37-30(23-65-2)87-59(52(80-17)44(37)72-9)95-39-32(25-67-4)89-61(54(82-19)46(39)74-11)97-41-34(27-69-6)91-63(56(84-21)48(41)76-13)98-42-35(28-70-7)90-62(55(83-20)49(42)77-14)96-40-33(26-68-5)88-60(53(81-18)47(40)75-12)94-38-31(24-66-3)86-58(92-36)51(79-16)45(38)73-10/h29-63H,22-28H2,1-21H3/t29-,30-,31-,32-,33-,34-,35-,36-,37-,38-,39-,40-,41-,42-,43+,44+,45+,46+,47+,48+,49+,50-,51-,52-,53-,54-,55-,56+,57-,58-,59-,60-,61-,62-,63-/m0/s1. The highest BCUT2D eigenvalue weighted by atomic mass is 16.8. The maximum absolute atomic E-state index is 7.03. The molecule has 0 aromatic heterocycles. The monoisotopic (exact) mass is 1430 g/mol. The minimum atomic E-state index is -1.22. The van der Waals surface area contributed by atoms with Crippen LogP contribution in [0.1, 0.15) is 0 Å². The van der Waals surface area contributed by atoms with E-state index in [1.807, 2.05) is 0 Å². The van der Waals surface area contributed by atoms with Gasteiger partial charge in [0.2, 0.25) is 0 Å². The van der Waals surface area contributed by atoms with Gasteiger partial charge in [0.1, 0.15) is 171 Å². The van der Waals surface area contributed by atoms with E-state index in [0.717, 1.165) is 0 Å². The van der Waals surface area contributed by atoms with Crippen LogP contribution >= 0.6 is 0 Å². The van der Waals surface area contributed by atoms with Gasteiger partial charge in [-0.1, -0.05) is 0 Å². The first-order valence-electron chi connectivity index (χ1n) is 32.7. The first-order valence-corrected chi connectivity index (χ1v) is 32.7. The lowest BCUT2D eigenvalue weighted by molar-refractivity contribution is -0.402. The van der Waals surface area contributed by atoms with Gasteiger partial charge >= 0.3 is 0 Å². The van der Waals surface area contributed by atoms with E-state index in [0.29, 0.717) is 0 Å². The lowest BCUT2D eigenvalue weighted by atomic mass is 9.94. The van der Waals surface area contributed by atoms with Crippen molar-refractivity contribution in [1.29, 1.82) is 0 Å². The smallest absolute Gasteiger partial charge is 0.187 e. The zero-order chi connectivity index (χ0) is 70.9. The van der Waals surface area contributed by atoms with E-state index >= 15 is 0 Å². The van der Waals surface area contributed by atoms with Crippen LogP contribution in [0.4, 0.5) is 0 Å². The number of methoxy groups -OCH3 is 21. The summed E-state index contributed by atoms with van der Waals surface area (Å²) in [5, 5.41) is 0. The molecule has 0 unspecified atom stereocenters. The molecule has 574 valence electrons. The molecule has 21 fully saturated rings. The Balaban J connectivity index is 1.23. The second kappa shape index (κ2) is 40.4. The van der Waals surface area contributed by atoms with Crippen LogP contribution < -0.4 is 0 Å². The van der Waals surface area contributed by atoms with Crippen molar-refractivity contribution in [3.8, 4) is 0 Å². The molecule has 0 aromatic carbocycles. The zero-order valence-corrected chi connectivity index (χ0v) is 60.4. The predicted molar refractivity (Wildman–Crippen MR) is 329 cm³/mol. The van der Waals surface area contributed by atoms with Crippen LogP contribution in [0.5, 0.6) is 0 Å². The van der Waals surface area contributed by atoms with E-state index in [1.54, 1.807) is 0 Å². The lowest BCUT2D eigenvalue weighted by Gasteiger charge is -2.52. The van der Waals surface area contributed by atoms with Gasteiger partial charge in [0, 0.05) is 149 Å². The van der Waals surface area contributed by atoms with E-state index in [2.05, 4.69) is 0 Å². The maximum atomic E-state index is 7.03. The Morgan fingerprint density at radius 3 is 0.327 bits per heavy atom. The molecule has 0 spiro atoms. The quantitative estimate of drug-likeness (QED) is 0.0861. The molecule has 0 radical (unpaired) electrons. The molecule has 98 heavy (non-hydrogen) atoms. The van der Waals surface area contributed by atoms with Crippen molar-refractivity contribution >= 4 is 0 Å². The highest BCUT2D eigenvalue weighted by molar-refractivity contribution is 5.04. The normalized spacial score (nSPS) is 46.1. The zero-order valence-electron chi connectivity index (χ0n) is 60.4. The van der Waals surface area contributed by atoms with E-state index < -0.39 is 215 Å². The molecule has 0 saturated carbocycles. The summed E-state index contributed by atoms with van der Waals surface area (Å²) >= 11 is 0. The Morgan fingerprint density at radius 1 is 0.143 bits per heavy atom. The fourth-order valence-electron chi connectivity index (χ4n) is 14.9. The molecule has 35 atom stereocenters. The van der Waals surface area contributed by atoms with Crippen molar-refractivity contribution in [2.24, 2.45) is 0 Å². The van der Waals surface area contributed by atoms with E-state index in [1.165, 1.54) is 149 Å². The molecule has 0 amide bonds. The van der Waals surface area contributed by atoms with Crippen LogP contribution in [-0.2, 0) is 166 Å². The highest BCUT2D eigenvalue weighted by Crippen LogP contribution is 2.43. The van der Waals surface area contributed by atoms with E-state index in [9.17, 15) is 0 Å². The number of rotatable bonds is 28. The van der Waals surface area contributed by atoms with Gasteiger partial charge in [-0.3, -0.25) is 0 Å². The Kier molecular flexibility index (Phi) is 33.9. The van der Waals surface area contributed by atoms with Gasteiger partial charge in [-0.05, 0) is 0 Å². The molecule has 21 heterocycles. The van der Waals surface area contributed by atoms with Crippen molar-refractivity contribution in [2.45, 2.75) is 215 Å². The molecule has 21 aliphatic heterocycles. The Bertz CT molecular complexity index is 1800. The third-order valence-corrected chi connectivity index (χ3v) is 19.3. The fraction of sp³-hybridized carbons (Fsp3) is 1.00. The van der Waals surface area contributed by atoms with Crippen LogP contribution in [0.3, 0.4) is 0 Å². The largest absolute Gasteiger partial charge is 0.382 e. The molecule has 21 aliphatic rings. The van der Waals surface area contributed by atoms with Crippen molar-refractivity contribution in [3.63, 3.8) is 0 Å². The molecule has 35 heteroatoms. The number of hydrogen-bond acceptors (Lipinski definition) is 35. The summed E-state index contributed by atoms with van der Waals surface area (Å²) in [7, 11) is 31.7. The molecule has 0 aromatic rings. The molecule has 35 nitrogen and oxygen atoms in total. The summed E-state index contributed by atoms with van der Waals surface area (Å²) in [5.74, 6) is 0. The van der Waals surface area contributed by atoms with Gasteiger partial charge in [-0.25, -0.2) is 0 Å². The van der Waals surface area contributed by atoms with E-state index in [-0.39, 0.29) is 46.2 Å². The summed E-state index contributed by atoms with van der Waals surface area (Å²) in [6.07, 6.45) is -35.9. The number of hydrogen-bond donors (Lipinski definition) is 0. The maximum Gasteiger partial charge on any atom is 0.187 e. The Hall–Kier alpha value is -1.40. The van der Waals surface area contributed by atoms with Crippen molar-refractivity contribution < 1.29 is 166 Å². The van der Waals surface area contributed by atoms with Crippen LogP contribution in [-0.4, -0.2) is 410 Å². The van der Waals surface area contributed by atoms with Crippen LogP contribution in [0.2, 0.25) is 0 Å². The first-order chi connectivity index (χ1) is 47.7. The second-order valence-corrected chi connectivity index (χ2v) is 24.5. The molecule has 0 N–H and O–H groups in total. The minimum Gasteiger partial charge on any atom is -0.382 e. The fourth-order valence-corrected chi connectivity index (χ4v) is 14.9. The van der Waals surface area contributed by atoms with Crippen molar-refractivity contribution in [3.05, 3.63) is 0 Å².